The molecule has 0 atom stereocenters. The second kappa shape index (κ2) is 7.95. The van der Waals surface area contributed by atoms with Crippen LogP contribution in [0.25, 0.3) is 33.7 Å². The first-order valence-electron chi connectivity index (χ1n) is 9.91. The average Bonchev–Trinajstić information content (AvgIpc) is 3.49. The van der Waals surface area contributed by atoms with Gasteiger partial charge in [0.15, 0.2) is 17.2 Å². The molecule has 1 aromatic carbocycles. The molecule has 0 spiro atoms. The first-order valence-corrected chi connectivity index (χ1v) is 9.91. The summed E-state index contributed by atoms with van der Waals surface area (Å²) in [6, 6.07) is 13.3. The fourth-order valence-corrected chi connectivity index (χ4v) is 3.46. The maximum atomic E-state index is 12.9. The van der Waals surface area contributed by atoms with Crippen LogP contribution in [0.2, 0.25) is 0 Å². The van der Waals surface area contributed by atoms with Crippen molar-refractivity contribution in [2.45, 2.75) is 6.54 Å². The summed E-state index contributed by atoms with van der Waals surface area (Å²) < 4.78 is 7.38. The molecular formula is C23H19N7O2. The van der Waals surface area contributed by atoms with Crippen molar-refractivity contribution in [2.75, 3.05) is 5.73 Å². The minimum absolute atomic E-state index is 0.00575. The Hall–Kier alpha value is -4.53. The number of carbonyl (C=O) groups is 1. The third kappa shape index (κ3) is 3.56. The zero-order chi connectivity index (χ0) is 22.1. The molecule has 0 unspecified atom stereocenters. The number of aromatic nitrogens is 5. The molecule has 0 saturated heterocycles. The van der Waals surface area contributed by atoms with Gasteiger partial charge in [0.05, 0.1) is 18.3 Å². The van der Waals surface area contributed by atoms with Gasteiger partial charge in [0.25, 0.3) is 5.91 Å². The fraction of sp³-hybridized carbons (Fsp3) is 0.0870. The van der Waals surface area contributed by atoms with Gasteiger partial charge < -0.3 is 20.0 Å². The van der Waals surface area contributed by atoms with E-state index in [1.165, 1.54) is 12.5 Å². The molecule has 3 N–H and O–H groups in total. The highest BCUT2D eigenvalue weighted by molar-refractivity contribution is 5.98. The lowest BCUT2D eigenvalue weighted by atomic mass is 10.1. The topological polar surface area (TPSA) is 125 Å². The zero-order valence-corrected chi connectivity index (χ0v) is 17.2. The third-order valence-electron chi connectivity index (χ3n) is 5.13. The van der Waals surface area contributed by atoms with Gasteiger partial charge in [-0.05, 0) is 30.3 Å². The lowest BCUT2D eigenvalue weighted by Crippen LogP contribution is -2.26. The number of fused-ring (bicyclic) bond motifs is 1. The second-order valence-corrected chi connectivity index (χ2v) is 7.20. The van der Waals surface area contributed by atoms with E-state index in [-0.39, 0.29) is 17.4 Å². The number of carbonyl (C=O) groups excluding carboxylic acids is 1. The molecule has 5 rings (SSSR count). The predicted octanol–water partition coefficient (Wildman–Crippen LogP) is 3.20. The number of aryl methyl sites for hydroxylation is 1. The summed E-state index contributed by atoms with van der Waals surface area (Å²) in [5, 5.41) is 3.78. The van der Waals surface area contributed by atoms with E-state index in [0.717, 1.165) is 22.2 Å². The van der Waals surface area contributed by atoms with Crippen LogP contribution in [-0.2, 0) is 13.6 Å². The summed E-state index contributed by atoms with van der Waals surface area (Å²) in [7, 11) is 1.91. The van der Waals surface area contributed by atoms with Crippen LogP contribution < -0.4 is 11.1 Å². The van der Waals surface area contributed by atoms with Crippen LogP contribution in [0.5, 0.6) is 0 Å². The van der Waals surface area contributed by atoms with Crippen molar-refractivity contribution in [3.63, 3.8) is 0 Å². The van der Waals surface area contributed by atoms with Crippen LogP contribution in [0.4, 0.5) is 5.82 Å². The number of benzene rings is 1. The standard InChI is InChI=1S/C23H19N7O2/c1-30-10-3-5-16(30)13-27-22(31)20-21(24)29-19(23-26-9-11-32-23)18(28-20)15-6-7-17-14(12-15)4-2-8-25-17/h2-12H,13H2,1H3,(H2,24,29)(H,27,31). The Morgan fingerprint density at radius 1 is 1.09 bits per heavy atom. The number of pyridine rings is 1. The highest BCUT2D eigenvalue weighted by atomic mass is 16.3. The van der Waals surface area contributed by atoms with E-state index in [9.17, 15) is 4.79 Å². The number of nitrogens with one attached hydrogen (secondary N) is 1. The minimum atomic E-state index is -0.418. The minimum Gasteiger partial charge on any atom is -0.443 e. The van der Waals surface area contributed by atoms with Crippen LogP contribution in [0.3, 0.4) is 0 Å². The number of hydrogen-bond donors (Lipinski definition) is 2. The lowest BCUT2D eigenvalue weighted by Gasteiger charge is -2.12. The van der Waals surface area contributed by atoms with Crippen molar-refractivity contribution in [3.8, 4) is 22.8 Å². The van der Waals surface area contributed by atoms with Crippen LogP contribution >= 0.6 is 0 Å². The summed E-state index contributed by atoms with van der Waals surface area (Å²) in [5.74, 6) is -0.158. The van der Waals surface area contributed by atoms with Crippen molar-refractivity contribution in [1.82, 2.24) is 29.8 Å². The van der Waals surface area contributed by atoms with Crippen molar-refractivity contribution in [2.24, 2.45) is 7.05 Å². The molecule has 0 fully saturated rings. The Labute approximate surface area is 183 Å². The molecule has 9 heteroatoms. The van der Waals surface area contributed by atoms with Crippen LogP contribution in [-0.4, -0.2) is 30.4 Å². The van der Waals surface area contributed by atoms with Gasteiger partial charge in [0.1, 0.15) is 12.0 Å². The number of amides is 1. The molecule has 0 aliphatic heterocycles. The third-order valence-corrected chi connectivity index (χ3v) is 5.13. The SMILES string of the molecule is Cn1cccc1CNC(=O)c1nc(-c2ccc3ncccc3c2)c(-c2ncco2)nc1N. The largest absolute Gasteiger partial charge is 0.443 e. The van der Waals surface area contributed by atoms with Gasteiger partial charge >= 0.3 is 0 Å². The normalized spacial score (nSPS) is 11.0. The maximum Gasteiger partial charge on any atom is 0.274 e. The zero-order valence-electron chi connectivity index (χ0n) is 17.2. The molecular weight excluding hydrogens is 406 g/mol. The smallest absolute Gasteiger partial charge is 0.274 e. The second-order valence-electron chi connectivity index (χ2n) is 7.20. The Morgan fingerprint density at radius 2 is 2.00 bits per heavy atom. The number of nitrogens with two attached hydrogens (primary N) is 1. The van der Waals surface area contributed by atoms with E-state index in [1.807, 2.05) is 60.3 Å². The summed E-state index contributed by atoms with van der Waals surface area (Å²) in [5.41, 5.74) is 9.49. The molecule has 0 bridgehead atoms. The number of nitrogen functional groups attached to an aromatic ring is 1. The first-order chi connectivity index (χ1) is 15.6. The molecule has 1 amide bonds. The Balaban J connectivity index is 1.58. The summed E-state index contributed by atoms with van der Waals surface area (Å²) >= 11 is 0. The van der Waals surface area contributed by atoms with Crippen molar-refractivity contribution in [1.29, 1.82) is 0 Å². The quantitative estimate of drug-likeness (QED) is 0.443. The van der Waals surface area contributed by atoms with Gasteiger partial charge in [-0.3, -0.25) is 9.78 Å². The number of oxazole rings is 1. The molecule has 32 heavy (non-hydrogen) atoms. The number of anilines is 1. The lowest BCUT2D eigenvalue weighted by molar-refractivity contribution is 0.0946. The molecule has 0 radical (unpaired) electrons. The van der Waals surface area contributed by atoms with Crippen LogP contribution in [0, 0.1) is 0 Å². The van der Waals surface area contributed by atoms with Crippen molar-refractivity contribution < 1.29 is 9.21 Å². The Kier molecular flexibility index (Phi) is 4.83. The van der Waals surface area contributed by atoms with Crippen LogP contribution in [0.15, 0.2) is 71.7 Å². The monoisotopic (exact) mass is 425 g/mol. The molecule has 4 heterocycles. The fourth-order valence-electron chi connectivity index (χ4n) is 3.46. The van der Waals surface area contributed by atoms with E-state index in [4.69, 9.17) is 10.2 Å². The summed E-state index contributed by atoms with van der Waals surface area (Å²) in [6.45, 7) is 0.335. The number of rotatable bonds is 5. The van der Waals surface area contributed by atoms with Gasteiger partial charge in [-0.1, -0.05) is 12.1 Å². The highest BCUT2D eigenvalue weighted by Crippen LogP contribution is 2.31. The van der Waals surface area contributed by atoms with E-state index in [0.29, 0.717) is 17.9 Å². The van der Waals surface area contributed by atoms with Crippen molar-refractivity contribution >= 4 is 22.6 Å². The predicted molar refractivity (Wildman–Crippen MR) is 119 cm³/mol. The maximum absolute atomic E-state index is 12.9. The van der Waals surface area contributed by atoms with Crippen LogP contribution in [0.1, 0.15) is 16.2 Å². The molecule has 4 aromatic heterocycles. The van der Waals surface area contributed by atoms with Crippen molar-refractivity contribution in [3.05, 3.63) is 78.7 Å². The van der Waals surface area contributed by atoms with E-state index < -0.39 is 5.91 Å². The first kappa shape index (κ1) is 19.4. The van der Waals surface area contributed by atoms with Gasteiger partial charge in [-0.2, -0.15) is 0 Å². The van der Waals surface area contributed by atoms with Gasteiger partial charge in [-0.25, -0.2) is 15.0 Å². The Morgan fingerprint density at radius 3 is 2.78 bits per heavy atom. The highest BCUT2D eigenvalue weighted by Gasteiger charge is 2.22. The van der Waals surface area contributed by atoms with Gasteiger partial charge in [-0.15, -0.1) is 0 Å². The van der Waals surface area contributed by atoms with E-state index in [2.05, 4.69) is 25.3 Å². The van der Waals surface area contributed by atoms with Gasteiger partial charge in [0, 0.05) is 36.1 Å². The molecule has 0 aliphatic rings. The average molecular weight is 425 g/mol. The summed E-state index contributed by atoms with van der Waals surface area (Å²) in [6.07, 6.45) is 6.61. The number of hydrogen-bond acceptors (Lipinski definition) is 7. The molecule has 0 aliphatic carbocycles. The van der Waals surface area contributed by atoms with E-state index in [1.54, 1.807) is 6.20 Å². The Bertz CT molecular complexity index is 1420. The number of nitrogens with zero attached hydrogens (tertiary/aromatic N) is 5. The van der Waals surface area contributed by atoms with Gasteiger partial charge in [0.2, 0.25) is 5.89 Å². The molecule has 9 nitrogen and oxygen atoms in total. The molecule has 5 aromatic rings. The van der Waals surface area contributed by atoms with E-state index >= 15 is 0 Å². The molecule has 158 valence electrons. The summed E-state index contributed by atoms with van der Waals surface area (Å²) in [4.78, 5) is 30.5. The molecule has 0 saturated carbocycles.